The monoisotopic (exact) mass is 191 g/mol. The first-order chi connectivity index (χ1) is 6.77. The number of rotatable bonds is 1. The summed E-state index contributed by atoms with van der Waals surface area (Å²) in [7, 11) is 0. The highest BCUT2D eigenvalue weighted by Gasteiger charge is 2.24. The van der Waals surface area contributed by atoms with E-state index in [2.05, 4.69) is 4.98 Å². The Bertz CT molecular complexity index is 394. The fourth-order valence-corrected chi connectivity index (χ4v) is 1.98. The lowest BCUT2D eigenvalue weighted by atomic mass is 9.85. The Balaban J connectivity index is 2.29. The minimum absolute atomic E-state index is 0.0716. The summed E-state index contributed by atoms with van der Waals surface area (Å²) in [5.74, 6) is 0.191. The molecule has 1 heterocycles. The van der Waals surface area contributed by atoms with E-state index in [0.29, 0.717) is 6.42 Å². The number of nitrogens with one attached hydrogen (secondary N) is 1. The van der Waals surface area contributed by atoms with Crippen molar-refractivity contribution in [3.8, 4) is 0 Å². The second-order valence-corrected chi connectivity index (χ2v) is 3.74. The summed E-state index contributed by atoms with van der Waals surface area (Å²) in [6, 6.07) is 5.00. The first-order valence-corrected chi connectivity index (χ1v) is 4.99. The molecule has 0 saturated heterocycles. The zero-order valence-corrected chi connectivity index (χ0v) is 7.95. The van der Waals surface area contributed by atoms with E-state index in [-0.39, 0.29) is 17.3 Å². The molecule has 0 bridgehead atoms. The third-order valence-corrected chi connectivity index (χ3v) is 2.72. The minimum Gasteiger partial charge on any atom is -0.325 e. The molecule has 1 aliphatic carbocycles. The Kier molecular flexibility index (Phi) is 2.48. The lowest BCUT2D eigenvalue weighted by Gasteiger charge is -2.19. The van der Waals surface area contributed by atoms with Crippen LogP contribution < -0.4 is 5.56 Å². The summed E-state index contributed by atoms with van der Waals surface area (Å²) in [6.07, 6.45) is 3.60. The van der Waals surface area contributed by atoms with Crippen molar-refractivity contribution in [2.24, 2.45) is 0 Å². The third kappa shape index (κ3) is 1.76. The largest absolute Gasteiger partial charge is 0.325 e. The van der Waals surface area contributed by atoms with Gasteiger partial charge in [-0.15, -0.1) is 0 Å². The molecule has 1 aromatic rings. The number of Topliss-reactive ketones (excluding diaryl/α,β-unsaturated/α-hetero) is 1. The number of carbonyl (C=O) groups excluding carboxylic acids is 1. The maximum absolute atomic E-state index is 11.6. The molecule has 1 N–H and O–H groups in total. The number of hydrogen-bond donors (Lipinski definition) is 1. The summed E-state index contributed by atoms with van der Waals surface area (Å²) < 4.78 is 0. The summed E-state index contributed by atoms with van der Waals surface area (Å²) in [4.78, 5) is 25.4. The van der Waals surface area contributed by atoms with Crippen LogP contribution in [0.3, 0.4) is 0 Å². The van der Waals surface area contributed by atoms with Gasteiger partial charge in [-0.05, 0) is 18.9 Å². The second kappa shape index (κ2) is 3.78. The highest BCUT2D eigenvalue weighted by atomic mass is 16.1. The molecule has 1 aromatic heterocycles. The standard InChI is InChI=1S/C11H13NO2/c13-10-6-2-1-4-8(10)9-5-3-7-11(14)12-9/h3,5,7-8H,1-2,4,6H2,(H,12,14). The third-order valence-electron chi connectivity index (χ3n) is 2.72. The van der Waals surface area contributed by atoms with Gasteiger partial charge in [0.2, 0.25) is 5.56 Å². The van der Waals surface area contributed by atoms with Gasteiger partial charge in [0.05, 0.1) is 5.92 Å². The van der Waals surface area contributed by atoms with Crippen molar-refractivity contribution in [2.75, 3.05) is 0 Å². The lowest BCUT2D eigenvalue weighted by Crippen LogP contribution is -2.20. The van der Waals surface area contributed by atoms with E-state index in [9.17, 15) is 9.59 Å². The Morgan fingerprint density at radius 2 is 2.07 bits per heavy atom. The van der Waals surface area contributed by atoms with Crippen molar-refractivity contribution in [3.05, 3.63) is 34.2 Å². The van der Waals surface area contributed by atoms with Gasteiger partial charge in [0.15, 0.2) is 0 Å². The van der Waals surface area contributed by atoms with Gasteiger partial charge in [-0.1, -0.05) is 12.5 Å². The fraction of sp³-hybridized carbons (Fsp3) is 0.455. The van der Waals surface area contributed by atoms with Crippen LogP contribution in [-0.2, 0) is 4.79 Å². The normalized spacial score (nSPS) is 22.3. The van der Waals surface area contributed by atoms with Crippen molar-refractivity contribution in [1.29, 1.82) is 0 Å². The zero-order valence-electron chi connectivity index (χ0n) is 7.95. The van der Waals surface area contributed by atoms with E-state index >= 15 is 0 Å². The molecular formula is C11H13NO2. The van der Waals surface area contributed by atoms with Crippen LogP contribution in [0, 0.1) is 0 Å². The molecular weight excluding hydrogens is 178 g/mol. The average Bonchev–Trinajstić information content (AvgIpc) is 2.18. The predicted octanol–water partition coefficient (Wildman–Crippen LogP) is 1.60. The molecule has 1 fully saturated rings. The van der Waals surface area contributed by atoms with Gasteiger partial charge in [0.1, 0.15) is 5.78 Å². The maximum atomic E-state index is 11.6. The van der Waals surface area contributed by atoms with Crippen LogP contribution >= 0.6 is 0 Å². The van der Waals surface area contributed by atoms with Crippen molar-refractivity contribution in [2.45, 2.75) is 31.6 Å². The highest BCUT2D eigenvalue weighted by molar-refractivity contribution is 5.85. The minimum atomic E-state index is -0.124. The second-order valence-electron chi connectivity index (χ2n) is 3.74. The molecule has 1 atom stereocenters. The van der Waals surface area contributed by atoms with Crippen LogP contribution in [0.5, 0.6) is 0 Å². The Morgan fingerprint density at radius 3 is 2.79 bits per heavy atom. The number of pyridine rings is 1. The molecule has 3 nitrogen and oxygen atoms in total. The van der Waals surface area contributed by atoms with Crippen molar-refractivity contribution in [3.63, 3.8) is 0 Å². The summed E-state index contributed by atoms with van der Waals surface area (Å²) in [5, 5.41) is 0. The topological polar surface area (TPSA) is 49.9 Å². The van der Waals surface area contributed by atoms with Crippen LogP contribution in [0.2, 0.25) is 0 Å². The molecule has 0 spiro atoms. The molecule has 1 aliphatic rings. The van der Waals surface area contributed by atoms with Gasteiger partial charge < -0.3 is 4.98 Å². The smallest absolute Gasteiger partial charge is 0.248 e. The molecule has 0 aliphatic heterocycles. The van der Waals surface area contributed by atoms with Gasteiger partial charge >= 0.3 is 0 Å². The molecule has 1 saturated carbocycles. The molecule has 0 radical (unpaired) electrons. The molecule has 14 heavy (non-hydrogen) atoms. The number of ketones is 1. The molecule has 0 aromatic carbocycles. The Hall–Kier alpha value is -1.38. The molecule has 0 amide bonds. The van der Waals surface area contributed by atoms with Gasteiger partial charge in [0.25, 0.3) is 0 Å². The Morgan fingerprint density at radius 1 is 1.21 bits per heavy atom. The van der Waals surface area contributed by atoms with E-state index in [0.717, 1.165) is 25.0 Å². The Labute approximate surface area is 82.2 Å². The average molecular weight is 191 g/mol. The van der Waals surface area contributed by atoms with Crippen LogP contribution in [-0.4, -0.2) is 10.8 Å². The van der Waals surface area contributed by atoms with Gasteiger partial charge in [-0.25, -0.2) is 0 Å². The predicted molar refractivity (Wildman–Crippen MR) is 53.3 cm³/mol. The molecule has 3 heteroatoms. The van der Waals surface area contributed by atoms with Crippen molar-refractivity contribution < 1.29 is 4.79 Å². The van der Waals surface area contributed by atoms with Crippen LogP contribution in [0.1, 0.15) is 37.3 Å². The fourth-order valence-electron chi connectivity index (χ4n) is 1.98. The molecule has 2 rings (SSSR count). The van der Waals surface area contributed by atoms with Crippen LogP contribution in [0.15, 0.2) is 23.0 Å². The lowest BCUT2D eigenvalue weighted by molar-refractivity contribution is -0.121. The van der Waals surface area contributed by atoms with Gasteiger partial charge in [0, 0.05) is 18.2 Å². The first kappa shape index (κ1) is 9.19. The maximum Gasteiger partial charge on any atom is 0.248 e. The molecule has 1 unspecified atom stereocenters. The number of hydrogen-bond acceptors (Lipinski definition) is 2. The summed E-state index contributed by atoms with van der Waals surface area (Å²) in [5.41, 5.74) is 0.656. The van der Waals surface area contributed by atoms with Crippen molar-refractivity contribution in [1.82, 2.24) is 4.98 Å². The van der Waals surface area contributed by atoms with Gasteiger partial charge in [-0.2, -0.15) is 0 Å². The van der Waals surface area contributed by atoms with E-state index in [1.54, 1.807) is 6.07 Å². The van der Waals surface area contributed by atoms with E-state index < -0.39 is 0 Å². The van der Waals surface area contributed by atoms with E-state index in [4.69, 9.17) is 0 Å². The number of carbonyl (C=O) groups is 1. The highest BCUT2D eigenvalue weighted by Crippen LogP contribution is 2.27. The van der Waals surface area contributed by atoms with Crippen molar-refractivity contribution >= 4 is 5.78 Å². The quantitative estimate of drug-likeness (QED) is 0.733. The number of aromatic amines is 1. The first-order valence-electron chi connectivity index (χ1n) is 4.99. The number of aromatic nitrogens is 1. The molecule has 74 valence electrons. The summed E-state index contributed by atoms with van der Waals surface area (Å²) in [6.45, 7) is 0. The summed E-state index contributed by atoms with van der Waals surface area (Å²) >= 11 is 0. The van der Waals surface area contributed by atoms with E-state index in [1.807, 2.05) is 6.07 Å². The van der Waals surface area contributed by atoms with Gasteiger partial charge in [-0.3, -0.25) is 9.59 Å². The van der Waals surface area contributed by atoms with Crippen LogP contribution in [0.25, 0.3) is 0 Å². The SMILES string of the molecule is O=C1CCCCC1c1cccc(=O)[nH]1. The van der Waals surface area contributed by atoms with E-state index in [1.165, 1.54) is 6.07 Å². The zero-order chi connectivity index (χ0) is 9.97. The van der Waals surface area contributed by atoms with Crippen LogP contribution in [0.4, 0.5) is 0 Å². The number of H-pyrrole nitrogens is 1.